The van der Waals surface area contributed by atoms with Gasteiger partial charge in [0.2, 0.25) is 5.91 Å². The van der Waals surface area contributed by atoms with Crippen molar-refractivity contribution < 1.29 is 19.1 Å². The standard InChI is InChI=1S/C19H17ClN4O4S/c1-24-14-4-2-11(20)8-13(14)22-19(24)29-10-17(25)23-18(26)21-12-3-5-15-16(9-12)28-7-6-27-15/h2-5,8-9H,6-7,10H2,1H3,(H2,21,23,25,26). The number of ether oxygens (including phenoxy) is 2. The Morgan fingerprint density at radius 2 is 1.97 bits per heavy atom. The minimum absolute atomic E-state index is 0.0411. The Balaban J connectivity index is 1.33. The van der Waals surface area contributed by atoms with Crippen molar-refractivity contribution in [1.82, 2.24) is 14.9 Å². The first kappa shape index (κ1) is 19.4. The highest BCUT2D eigenvalue weighted by atomic mass is 35.5. The average Bonchev–Trinajstić information content (AvgIpc) is 3.01. The number of anilines is 1. The number of aryl methyl sites for hydroxylation is 1. The molecule has 0 spiro atoms. The van der Waals surface area contributed by atoms with Crippen molar-refractivity contribution in [3.63, 3.8) is 0 Å². The number of urea groups is 1. The van der Waals surface area contributed by atoms with Crippen molar-refractivity contribution in [3.8, 4) is 11.5 Å². The van der Waals surface area contributed by atoms with Gasteiger partial charge in [-0.1, -0.05) is 23.4 Å². The summed E-state index contributed by atoms with van der Waals surface area (Å²) < 4.78 is 12.8. The van der Waals surface area contributed by atoms with E-state index in [4.69, 9.17) is 21.1 Å². The van der Waals surface area contributed by atoms with E-state index in [0.717, 1.165) is 11.0 Å². The second-order valence-electron chi connectivity index (χ2n) is 6.24. The van der Waals surface area contributed by atoms with Crippen LogP contribution >= 0.6 is 23.4 Å². The van der Waals surface area contributed by atoms with Crippen LogP contribution in [0.5, 0.6) is 11.5 Å². The fourth-order valence-corrected chi connectivity index (χ4v) is 3.81. The lowest BCUT2D eigenvalue weighted by atomic mass is 10.2. The molecule has 8 nitrogen and oxygen atoms in total. The van der Waals surface area contributed by atoms with Crippen LogP contribution in [-0.2, 0) is 11.8 Å². The van der Waals surface area contributed by atoms with Crippen LogP contribution in [0.15, 0.2) is 41.6 Å². The number of halogens is 1. The average molecular weight is 433 g/mol. The number of rotatable bonds is 4. The predicted molar refractivity (Wildman–Crippen MR) is 111 cm³/mol. The Morgan fingerprint density at radius 1 is 1.17 bits per heavy atom. The maximum atomic E-state index is 12.1. The lowest BCUT2D eigenvalue weighted by molar-refractivity contribution is -0.117. The van der Waals surface area contributed by atoms with E-state index in [-0.39, 0.29) is 5.75 Å². The molecule has 3 aromatic rings. The largest absolute Gasteiger partial charge is 0.486 e. The summed E-state index contributed by atoms with van der Waals surface area (Å²) in [6, 6.07) is 9.84. The summed E-state index contributed by atoms with van der Waals surface area (Å²) in [5, 5.41) is 6.17. The van der Waals surface area contributed by atoms with Crippen LogP contribution in [0, 0.1) is 0 Å². The summed E-state index contributed by atoms with van der Waals surface area (Å²) in [5.41, 5.74) is 2.16. The Labute approximate surface area is 175 Å². The molecular formula is C19H17ClN4O4S. The number of amides is 3. The molecule has 0 atom stereocenters. The summed E-state index contributed by atoms with van der Waals surface area (Å²) in [6.45, 7) is 0.942. The first-order valence-corrected chi connectivity index (χ1v) is 10.1. The molecule has 2 aromatic carbocycles. The third-order valence-corrected chi connectivity index (χ3v) is 5.45. The highest BCUT2D eigenvalue weighted by molar-refractivity contribution is 7.99. The third kappa shape index (κ3) is 4.41. The molecule has 0 fully saturated rings. The molecule has 0 radical (unpaired) electrons. The molecule has 0 bridgehead atoms. The van der Waals surface area contributed by atoms with E-state index in [1.165, 1.54) is 11.8 Å². The van der Waals surface area contributed by atoms with Gasteiger partial charge >= 0.3 is 6.03 Å². The first-order chi connectivity index (χ1) is 14.0. The van der Waals surface area contributed by atoms with Gasteiger partial charge in [-0.3, -0.25) is 10.1 Å². The van der Waals surface area contributed by atoms with Gasteiger partial charge in [0.05, 0.1) is 16.8 Å². The van der Waals surface area contributed by atoms with Crippen molar-refractivity contribution in [3.05, 3.63) is 41.4 Å². The van der Waals surface area contributed by atoms with E-state index in [1.807, 2.05) is 17.7 Å². The molecule has 10 heteroatoms. The molecule has 0 aliphatic carbocycles. The summed E-state index contributed by atoms with van der Waals surface area (Å²) >= 11 is 7.23. The molecule has 2 N–H and O–H groups in total. The van der Waals surface area contributed by atoms with Gasteiger partial charge in [0, 0.05) is 23.8 Å². The van der Waals surface area contributed by atoms with Crippen LogP contribution in [-0.4, -0.2) is 40.5 Å². The molecule has 0 saturated heterocycles. The van der Waals surface area contributed by atoms with Crippen LogP contribution in [0.4, 0.5) is 10.5 Å². The van der Waals surface area contributed by atoms with Gasteiger partial charge in [-0.05, 0) is 30.3 Å². The summed E-state index contributed by atoms with van der Waals surface area (Å²) in [6.07, 6.45) is 0. The number of thioether (sulfide) groups is 1. The number of nitrogens with zero attached hydrogens (tertiary/aromatic N) is 2. The number of fused-ring (bicyclic) bond motifs is 2. The van der Waals surface area contributed by atoms with E-state index in [9.17, 15) is 9.59 Å². The highest BCUT2D eigenvalue weighted by Crippen LogP contribution is 2.32. The molecule has 1 aliphatic rings. The molecular weight excluding hydrogens is 416 g/mol. The van der Waals surface area contributed by atoms with E-state index in [1.54, 1.807) is 30.3 Å². The van der Waals surface area contributed by atoms with Crippen molar-refractivity contribution in [1.29, 1.82) is 0 Å². The monoisotopic (exact) mass is 432 g/mol. The van der Waals surface area contributed by atoms with Crippen molar-refractivity contribution in [2.45, 2.75) is 5.16 Å². The Morgan fingerprint density at radius 3 is 2.79 bits per heavy atom. The number of benzene rings is 2. The van der Waals surface area contributed by atoms with Crippen LogP contribution in [0.25, 0.3) is 11.0 Å². The number of aromatic nitrogens is 2. The predicted octanol–water partition coefficient (Wildman–Crippen LogP) is 3.44. The Bertz CT molecular complexity index is 1100. The minimum atomic E-state index is -0.621. The maximum Gasteiger partial charge on any atom is 0.325 e. The summed E-state index contributed by atoms with van der Waals surface area (Å²) in [7, 11) is 1.86. The van der Waals surface area contributed by atoms with Gasteiger partial charge in [0.15, 0.2) is 16.7 Å². The number of carbonyl (C=O) groups is 2. The zero-order valence-corrected chi connectivity index (χ0v) is 17.0. The summed E-state index contributed by atoms with van der Waals surface area (Å²) in [5.74, 6) is 0.783. The second-order valence-corrected chi connectivity index (χ2v) is 7.61. The zero-order chi connectivity index (χ0) is 20.4. The fourth-order valence-electron chi connectivity index (χ4n) is 2.86. The van der Waals surface area contributed by atoms with Crippen LogP contribution in [0.1, 0.15) is 0 Å². The van der Waals surface area contributed by atoms with E-state index >= 15 is 0 Å². The molecule has 1 aliphatic heterocycles. The van der Waals surface area contributed by atoms with Gasteiger partial charge in [-0.25, -0.2) is 9.78 Å². The van der Waals surface area contributed by atoms with Gasteiger partial charge in [0.1, 0.15) is 13.2 Å². The molecule has 0 unspecified atom stereocenters. The van der Waals surface area contributed by atoms with Gasteiger partial charge < -0.3 is 19.4 Å². The third-order valence-electron chi connectivity index (χ3n) is 4.19. The van der Waals surface area contributed by atoms with Gasteiger partial charge in [-0.2, -0.15) is 0 Å². The number of nitrogens with one attached hydrogen (secondary N) is 2. The van der Waals surface area contributed by atoms with Crippen molar-refractivity contribution >= 4 is 52.0 Å². The molecule has 1 aromatic heterocycles. The lowest BCUT2D eigenvalue weighted by Gasteiger charge is -2.19. The van der Waals surface area contributed by atoms with E-state index < -0.39 is 11.9 Å². The smallest absolute Gasteiger partial charge is 0.325 e. The van der Waals surface area contributed by atoms with Crippen LogP contribution in [0.2, 0.25) is 5.02 Å². The molecule has 0 saturated carbocycles. The molecule has 2 heterocycles. The highest BCUT2D eigenvalue weighted by Gasteiger charge is 2.15. The maximum absolute atomic E-state index is 12.1. The normalized spacial score (nSPS) is 12.6. The number of imide groups is 1. The quantitative estimate of drug-likeness (QED) is 0.613. The van der Waals surface area contributed by atoms with Gasteiger partial charge in [0.25, 0.3) is 0 Å². The minimum Gasteiger partial charge on any atom is -0.486 e. The van der Waals surface area contributed by atoms with Crippen LogP contribution < -0.4 is 20.1 Å². The second kappa shape index (κ2) is 8.22. The van der Waals surface area contributed by atoms with Crippen molar-refractivity contribution in [2.24, 2.45) is 7.05 Å². The zero-order valence-electron chi connectivity index (χ0n) is 15.4. The van der Waals surface area contributed by atoms with Gasteiger partial charge in [-0.15, -0.1) is 0 Å². The number of hydrogen-bond donors (Lipinski definition) is 2. The molecule has 150 valence electrons. The number of hydrogen-bond acceptors (Lipinski definition) is 6. The number of imidazole rings is 1. The van der Waals surface area contributed by atoms with E-state index in [2.05, 4.69) is 15.6 Å². The molecule has 3 amide bonds. The van der Waals surface area contributed by atoms with E-state index in [0.29, 0.717) is 40.6 Å². The Kier molecular flexibility index (Phi) is 5.50. The lowest BCUT2D eigenvalue weighted by Crippen LogP contribution is -2.35. The molecule has 29 heavy (non-hydrogen) atoms. The SMILES string of the molecule is Cn1c(SCC(=O)NC(=O)Nc2ccc3c(c2)OCCO3)nc2cc(Cl)ccc21. The Hall–Kier alpha value is -2.91. The first-order valence-electron chi connectivity index (χ1n) is 8.75. The topological polar surface area (TPSA) is 94.5 Å². The fraction of sp³-hybridized carbons (Fsp3) is 0.211. The summed E-state index contributed by atoms with van der Waals surface area (Å²) in [4.78, 5) is 28.7. The van der Waals surface area contributed by atoms with Crippen molar-refractivity contribution in [2.75, 3.05) is 24.3 Å². The number of carbonyl (C=O) groups excluding carboxylic acids is 2. The van der Waals surface area contributed by atoms with Crippen LogP contribution in [0.3, 0.4) is 0 Å². The molecule has 4 rings (SSSR count).